The molecule has 1 aliphatic rings. The molecule has 3 aromatic rings. The number of aryl methyl sites for hydroxylation is 1. The van der Waals surface area contributed by atoms with E-state index in [0.717, 1.165) is 28.1 Å². The van der Waals surface area contributed by atoms with Crippen LogP contribution in [0.4, 0.5) is 11.4 Å². The highest BCUT2D eigenvalue weighted by Gasteiger charge is 2.36. The van der Waals surface area contributed by atoms with E-state index in [2.05, 4.69) is 25.2 Å². The van der Waals surface area contributed by atoms with E-state index in [1.54, 1.807) is 11.8 Å². The van der Waals surface area contributed by atoms with E-state index < -0.39 is 0 Å². The molecular weight excluding hydrogens is 416 g/mol. The molecule has 4 nitrogen and oxygen atoms in total. The summed E-state index contributed by atoms with van der Waals surface area (Å²) in [6.07, 6.45) is 1.11. The molecule has 0 saturated carbocycles. The topological polar surface area (TPSA) is 49.4 Å². The normalized spacial score (nSPS) is 15.9. The van der Waals surface area contributed by atoms with Gasteiger partial charge >= 0.3 is 0 Å². The monoisotopic (exact) mass is 444 g/mol. The molecule has 1 heterocycles. The van der Waals surface area contributed by atoms with Crippen LogP contribution in [0.2, 0.25) is 0 Å². The first-order valence-corrected chi connectivity index (χ1v) is 12.0. The molecule has 0 radical (unpaired) electrons. The van der Waals surface area contributed by atoms with Crippen molar-refractivity contribution >= 4 is 35.0 Å². The summed E-state index contributed by atoms with van der Waals surface area (Å²) in [7, 11) is 0. The summed E-state index contributed by atoms with van der Waals surface area (Å²) in [5.41, 5.74) is 4.97. The lowest BCUT2D eigenvalue weighted by molar-refractivity contribution is -0.116. The number of anilines is 2. The molecule has 2 amide bonds. The number of hydrogen-bond acceptors (Lipinski definition) is 3. The fourth-order valence-electron chi connectivity index (χ4n) is 4.05. The van der Waals surface area contributed by atoms with Crippen molar-refractivity contribution in [1.82, 2.24) is 0 Å². The van der Waals surface area contributed by atoms with Gasteiger partial charge < -0.3 is 5.32 Å². The predicted molar refractivity (Wildman–Crippen MR) is 133 cm³/mol. The van der Waals surface area contributed by atoms with Crippen LogP contribution in [0.25, 0.3) is 0 Å². The first-order valence-electron chi connectivity index (χ1n) is 11.0. The summed E-state index contributed by atoms with van der Waals surface area (Å²) in [5, 5.41) is 2.92. The average molecular weight is 445 g/mol. The number of hydrogen-bond donors (Lipinski definition) is 1. The predicted octanol–water partition coefficient (Wildman–Crippen LogP) is 6.16. The molecule has 164 valence electrons. The lowest BCUT2D eigenvalue weighted by Crippen LogP contribution is -2.29. The number of amides is 2. The molecule has 1 N–H and O–H groups in total. The molecule has 0 bridgehead atoms. The second kappa shape index (κ2) is 10.0. The van der Waals surface area contributed by atoms with E-state index >= 15 is 0 Å². The summed E-state index contributed by atoms with van der Waals surface area (Å²) >= 11 is 1.60. The minimum atomic E-state index is -0.173. The van der Waals surface area contributed by atoms with Crippen LogP contribution in [0.15, 0.2) is 78.9 Å². The summed E-state index contributed by atoms with van der Waals surface area (Å²) in [5.74, 6) is 0.800. The molecule has 0 aromatic heterocycles. The minimum absolute atomic E-state index is 0.0234. The lowest BCUT2D eigenvalue weighted by Gasteiger charge is -2.29. The average Bonchev–Trinajstić information content (AvgIpc) is 3.19. The zero-order chi connectivity index (χ0) is 22.5. The quantitative estimate of drug-likeness (QED) is 0.475. The number of benzene rings is 3. The Morgan fingerprint density at radius 3 is 2.47 bits per heavy atom. The maximum absolute atomic E-state index is 12.9. The zero-order valence-electron chi connectivity index (χ0n) is 18.5. The van der Waals surface area contributed by atoms with Gasteiger partial charge in [-0.1, -0.05) is 80.6 Å². The summed E-state index contributed by atoms with van der Waals surface area (Å²) in [6, 6.07) is 25.9. The highest BCUT2D eigenvalue weighted by molar-refractivity contribution is 8.00. The third-order valence-corrected chi connectivity index (χ3v) is 6.86. The highest BCUT2D eigenvalue weighted by Crippen LogP contribution is 2.46. The van der Waals surface area contributed by atoms with Crippen molar-refractivity contribution in [3.05, 3.63) is 95.6 Å². The molecule has 3 aromatic carbocycles. The van der Waals surface area contributed by atoms with E-state index in [0.29, 0.717) is 24.5 Å². The van der Waals surface area contributed by atoms with Gasteiger partial charge in [0, 0.05) is 23.4 Å². The Balaban J connectivity index is 1.57. The number of para-hydroxylation sites is 2. The number of carbonyl (C=O) groups is 2. The molecule has 1 atom stereocenters. The first kappa shape index (κ1) is 22.2. The van der Waals surface area contributed by atoms with Gasteiger partial charge in [0.2, 0.25) is 11.8 Å². The SMILES string of the molecule is CC(C)c1ccccc1N1C(=O)CS[C@H]1c1ccccc1NC(=O)CCc1ccccc1. The van der Waals surface area contributed by atoms with Gasteiger partial charge in [-0.25, -0.2) is 0 Å². The van der Waals surface area contributed by atoms with Crippen LogP contribution in [-0.2, 0) is 16.0 Å². The van der Waals surface area contributed by atoms with E-state index in [1.165, 1.54) is 0 Å². The van der Waals surface area contributed by atoms with E-state index in [4.69, 9.17) is 0 Å². The fourth-order valence-corrected chi connectivity index (χ4v) is 5.26. The Hall–Kier alpha value is -3.05. The molecule has 4 rings (SSSR count). The number of thioether (sulfide) groups is 1. The van der Waals surface area contributed by atoms with Crippen molar-refractivity contribution < 1.29 is 9.59 Å². The van der Waals surface area contributed by atoms with Gasteiger partial charge in [-0.15, -0.1) is 11.8 Å². The van der Waals surface area contributed by atoms with Crippen LogP contribution in [0, 0.1) is 0 Å². The smallest absolute Gasteiger partial charge is 0.238 e. The summed E-state index contributed by atoms with van der Waals surface area (Å²) in [6.45, 7) is 4.28. The molecule has 1 saturated heterocycles. The number of nitrogens with zero attached hydrogens (tertiary/aromatic N) is 1. The number of nitrogens with one attached hydrogen (secondary N) is 1. The van der Waals surface area contributed by atoms with Gasteiger partial charge in [0.05, 0.1) is 5.75 Å². The summed E-state index contributed by atoms with van der Waals surface area (Å²) < 4.78 is 0. The maximum atomic E-state index is 12.9. The second-order valence-electron chi connectivity index (χ2n) is 8.26. The van der Waals surface area contributed by atoms with Gasteiger partial charge in [0.15, 0.2) is 0 Å². The van der Waals surface area contributed by atoms with Crippen LogP contribution >= 0.6 is 11.8 Å². The molecular formula is C27H28N2O2S. The third-order valence-electron chi connectivity index (χ3n) is 5.67. The van der Waals surface area contributed by atoms with Crippen LogP contribution in [0.1, 0.15) is 48.3 Å². The van der Waals surface area contributed by atoms with Crippen molar-refractivity contribution in [2.24, 2.45) is 0 Å². The van der Waals surface area contributed by atoms with Crippen LogP contribution in [0.3, 0.4) is 0 Å². The zero-order valence-corrected chi connectivity index (χ0v) is 19.3. The Bertz CT molecular complexity index is 1100. The van der Waals surface area contributed by atoms with Gasteiger partial charge in [0.25, 0.3) is 0 Å². The fraction of sp³-hybridized carbons (Fsp3) is 0.259. The molecule has 1 fully saturated rings. The van der Waals surface area contributed by atoms with Crippen molar-refractivity contribution in [1.29, 1.82) is 0 Å². The van der Waals surface area contributed by atoms with Gasteiger partial charge in [0.1, 0.15) is 5.37 Å². The Morgan fingerprint density at radius 2 is 1.69 bits per heavy atom. The lowest BCUT2D eigenvalue weighted by atomic mass is 10.00. The van der Waals surface area contributed by atoms with E-state index in [1.807, 2.05) is 77.7 Å². The van der Waals surface area contributed by atoms with Gasteiger partial charge in [-0.3, -0.25) is 14.5 Å². The van der Waals surface area contributed by atoms with Crippen molar-refractivity contribution in [2.75, 3.05) is 16.0 Å². The largest absolute Gasteiger partial charge is 0.326 e. The van der Waals surface area contributed by atoms with E-state index in [9.17, 15) is 9.59 Å². The summed E-state index contributed by atoms with van der Waals surface area (Å²) in [4.78, 5) is 27.6. The van der Waals surface area contributed by atoms with Gasteiger partial charge in [-0.2, -0.15) is 0 Å². The number of rotatable bonds is 7. The molecule has 5 heteroatoms. The molecule has 0 aliphatic carbocycles. The Kier molecular flexibility index (Phi) is 6.96. The van der Waals surface area contributed by atoms with Crippen LogP contribution in [-0.4, -0.2) is 17.6 Å². The number of carbonyl (C=O) groups excluding carboxylic acids is 2. The maximum Gasteiger partial charge on any atom is 0.238 e. The van der Waals surface area contributed by atoms with Gasteiger partial charge in [-0.05, 0) is 35.6 Å². The molecule has 1 aliphatic heterocycles. The minimum Gasteiger partial charge on any atom is -0.326 e. The third kappa shape index (κ3) is 4.89. The second-order valence-corrected chi connectivity index (χ2v) is 9.33. The molecule has 32 heavy (non-hydrogen) atoms. The Labute approximate surface area is 194 Å². The van der Waals surface area contributed by atoms with Crippen molar-refractivity contribution in [3.63, 3.8) is 0 Å². The standard InChI is InChI=1S/C27H28N2O2S/c1-19(2)21-12-7-9-15-24(21)29-26(31)18-32-27(29)22-13-6-8-14-23(22)28-25(30)17-16-20-10-4-3-5-11-20/h3-15,19,27H,16-18H2,1-2H3,(H,28,30)/t27-/m0/s1. The van der Waals surface area contributed by atoms with E-state index in [-0.39, 0.29) is 17.2 Å². The first-order chi connectivity index (χ1) is 15.5. The van der Waals surface area contributed by atoms with Crippen LogP contribution in [0.5, 0.6) is 0 Å². The Morgan fingerprint density at radius 1 is 1.00 bits per heavy atom. The van der Waals surface area contributed by atoms with Crippen molar-refractivity contribution in [2.45, 2.75) is 38.0 Å². The highest BCUT2D eigenvalue weighted by atomic mass is 32.2. The van der Waals surface area contributed by atoms with Crippen molar-refractivity contribution in [3.8, 4) is 0 Å². The molecule has 0 unspecified atom stereocenters. The van der Waals surface area contributed by atoms with Crippen LogP contribution < -0.4 is 10.2 Å². The molecule has 0 spiro atoms.